The Bertz CT molecular complexity index is 288. The van der Waals surface area contributed by atoms with Gasteiger partial charge in [-0.3, -0.25) is 5.41 Å². The van der Waals surface area contributed by atoms with E-state index in [2.05, 4.69) is 0 Å². The number of para-hydroxylation sites is 1. The highest BCUT2D eigenvalue weighted by molar-refractivity contribution is 6.32. The highest BCUT2D eigenvalue weighted by Gasteiger charge is 1.98. The second kappa shape index (κ2) is 3.97. The monoisotopic (exact) mass is 184 g/mol. The van der Waals surface area contributed by atoms with Crippen LogP contribution in [-0.2, 0) is 0 Å². The van der Waals surface area contributed by atoms with Crippen molar-refractivity contribution in [3.8, 4) is 5.75 Å². The number of rotatable bonds is 3. The van der Waals surface area contributed by atoms with Gasteiger partial charge in [0.2, 0.25) is 0 Å². The first-order valence-electron chi connectivity index (χ1n) is 3.40. The normalized spacial score (nSPS) is 9.42. The summed E-state index contributed by atoms with van der Waals surface area (Å²) in [4.78, 5) is 0. The van der Waals surface area contributed by atoms with Crippen molar-refractivity contribution >= 4 is 17.4 Å². The summed E-state index contributed by atoms with van der Waals surface area (Å²) in [5, 5.41) is 7.45. The third-order valence-electron chi connectivity index (χ3n) is 1.22. The molecule has 0 aliphatic carbocycles. The van der Waals surface area contributed by atoms with Crippen LogP contribution in [0.25, 0.3) is 0 Å². The van der Waals surface area contributed by atoms with Crippen molar-refractivity contribution in [2.75, 3.05) is 6.61 Å². The van der Waals surface area contributed by atoms with E-state index in [0.717, 1.165) is 0 Å². The van der Waals surface area contributed by atoms with Crippen LogP contribution in [0.1, 0.15) is 0 Å². The Morgan fingerprint density at radius 1 is 1.50 bits per heavy atom. The number of halogens is 1. The summed E-state index contributed by atoms with van der Waals surface area (Å²) in [6, 6.07) is 7.06. The fourth-order valence-corrected chi connectivity index (χ4v) is 0.908. The van der Waals surface area contributed by atoms with Gasteiger partial charge in [0.1, 0.15) is 18.2 Å². The lowest BCUT2D eigenvalue weighted by Gasteiger charge is -2.05. The summed E-state index contributed by atoms with van der Waals surface area (Å²) in [6.07, 6.45) is 0. The summed E-state index contributed by atoms with van der Waals surface area (Å²) in [6.45, 7) is 0.0731. The minimum absolute atomic E-state index is 0.0186. The van der Waals surface area contributed by atoms with E-state index >= 15 is 0 Å². The van der Waals surface area contributed by atoms with E-state index in [1.165, 1.54) is 0 Å². The molecule has 1 aromatic rings. The molecule has 64 valence electrons. The molecule has 0 radical (unpaired) electrons. The molecule has 12 heavy (non-hydrogen) atoms. The van der Waals surface area contributed by atoms with Crippen LogP contribution < -0.4 is 10.5 Å². The Morgan fingerprint density at radius 2 is 2.17 bits per heavy atom. The minimum Gasteiger partial charge on any atom is -0.484 e. The lowest BCUT2D eigenvalue weighted by atomic mass is 10.3. The Balaban J connectivity index is 2.63. The zero-order valence-corrected chi connectivity index (χ0v) is 7.14. The van der Waals surface area contributed by atoms with E-state index in [9.17, 15) is 0 Å². The first kappa shape index (κ1) is 8.87. The third kappa shape index (κ3) is 2.43. The molecule has 0 saturated carbocycles. The highest BCUT2D eigenvalue weighted by Crippen LogP contribution is 2.22. The second-order valence-corrected chi connectivity index (χ2v) is 2.65. The number of nitrogens with one attached hydrogen (secondary N) is 1. The molecule has 3 nitrogen and oxygen atoms in total. The Hall–Kier alpha value is -1.22. The van der Waals surface area contributed by atoms with Gasteiger partial charge < -0.3 is 10.5 Å². The third-order valence-corrected chi connectivity index (χ3v) is 1.53. The quantitative estimate of drug-likeness (QED) is 0.555. The predicted octanol–water partition coefficient (Wildman–Crippen LogP) is 1.65. The summed E-state index contributed by atoms with van der Waals surface area (Å²) in [5.74, 6) is 0.532. The number of nitrogens with two attached hydrogens (primary N) is 1. The van der Waals surface area contributed by atoms with Gasteiger partial charge in [0.25, 0.3) is 0 Å². The SMILES string of the molecule is N=C(N)COc1ccccc1Cl. The zero-order chi connectivity index (χ0) is 8.97. The van der Waals surface area contributed by atoms with Gasteiger partial charge in [-0.1, -0.05) is 23.7 Å². The average molecular weight is 185 g/mol. The van der Waals surface area contributed by atoms with Crippen LogP contribution in [0.5, 0.6) is 5.75 Å². The van der Waals surface area contributed by atoms with Gasteiger partial charge in [0.15, 0.2) is 0 Å². The van der Waals surface area contributed by atoms with Crippen LogP contribution in [0.15, 0.2) is 24.3 Å². The van der Waals surface area contributed by atoms with Crippen molar-refractivity contribution in [2.45, 2.75) is 0 Å². The van der Waals surface area contributed by atoms with E-state index in [1.807, 2.05) is 6.07 Å². The van der Waals surface area contributed by atoms with Gasteiger partial charge in [-0.05, 0) is 12.1 Å². The number of hydrogen-bond acceptors (Lipinski definition) is 2. The van der Waals surface area contributed by atoms with Crippen LogP contribution >= 0.6 is 11.6 Å². The fourth-order valence-electron chi connectivity index (χ4n) is 0.717. The van der Waals surface area contributed by atoms with Crippen LogP contribution in [0, 0.1) is 5.41 Å². The van der Waals surface area contributed by atoms with Crippen molar-refractivity contribution in [2.24, 2.45) is 5.73 Å². The van der Waals surface area contributed by atoms with Gasteiger partial charge in [-0.15, -0.1) is 0 Å². The largest absolute Gasteiger partial charge is 0.484 e. The first-order valence-corrected chi connectivity index (χ1v) is 3.78. The maximum absolute atomic E-state index is 6.92. The average Bonchev–Trinajstić information content (AvgIpc) is 2.03. The fraction of sp³-hybridized carbons (Fsp3) is 0.125. The van der Waals surface area contributed by atoms with E-state index in [4.69, 9.17) is 27.5 Å². The Kier molecular flexibility index (Phi) is 2.94. The molecule has 0 unspecified atom stereocenters. The van der Waals surface area contributed by atoms with Crippen LogP contribution in [0.4, 0.5) is 0 Å². The van der Waals surface area contributed by atoms with Crippen molar-refractivity contribution in [1.29, 1.82) is 5.41 Å². The molecule has 4 heteroatoms. The molecule has 1 aromatic carbocycles. The molecule has 0 atom stereocenters. The van der Waals surface area contributed by atoms with Crippen molar-refractivity contribution in [1.82, 2.24) is 0 Å². The number of ether oxygens (including phenoxy) is 1. The molecule has 0 saturated heterocycles. The summed E-state index contributed by atoms with van der Waals surface area (Å²) < 4.78 is 5.12. The van der Waals surface area contributed by atoms with E-state index in [1.54, 1.807) is 18.2 Å². The van der Waals surface area contributed by atoms with Gasteiger partial charge in [0.05, 0.1) is 5.02 Å². The van der Waals surface area contributed by atoms with Gasteiger partial charge in [0, 0.05) is 0 Å². The van der Waals surface area contributed by atoms with E-state index in [0.29, 0.717) is 10.8 Å². The highest BCUT2D eigenvalue weighted by atomic mass is 35.5. The van der Waals surface area contributed by atoms with E-state index in [-0.39, 0.29) is 12.4 Å². The molecule has 0 heterocycles. The summed E-state index contributed by atoms with van der Waals surface area (Å²) in [7, 11) is 0. The molecule has 0 fully saturated rings. The standard InChI is InChI=1S/C8H9ClN2O/c9-6-3-1-2-4-7(6)12-5-8(10)11/h1-4H,5H2,(H3,10,11). The lowest BCUT2D eigenvalue weighted by molar-refractivity contribution is 0.374. The molecule has 0 spiro atoms. The molecule has 0 bridgehead atoms. The zero-order valence-electron chi connectivity index (χ0n) is 6.38. The van der Waals surface area contributed by atoms with Gasteiger partial charge in [-0.2, -0.15) is 0 Å². The van der Waals surface area contributed by atoms with Crippen LogP contribution in [0.2, 0.25) is 5.02 Å². The molecule has 0 amide bonds. The number of hydrogen-bond donors (Lipinski definition) is 2. The summed E-state index contributed by atoms with van der Waals surface area (Å²) >= 11 is 5.77. The van der Waals surface area contributed by atoms with Crippen LogP contribution in [0.3, 0.4) is 0 Å². The molecule has 0 aliphatic rings. The van der Waals surface area contributed by atoms with Crippen molar-refractivity contribution in [3.63, 3.8) is 0 Å². The number of benzene rings is 1. The molecule has 0 aliphatic heterocycles. The predicted molar refractivity (Wildman–Crippen MR) is 48.9 cm³/mol. The lowest BCUT2D eigenvalue weighted by Crippen LogP contribution is -2.19. The Labute approximate surface area is 75.6 Å². The van der Waals surface area contributed by atoms with Crippen LogP contribution in [-0.4, -0.2) is 12.4 Å². The number of amidine groups is 1. The van der Waals surface area contributed by atoms with Crippen molar-refractivity contribution < 1.29 is 4.74 Å². The van der Waals surface area contributed by atoms with Gasteiger partial charge in [-0.25, -0.2) is 0 Å². The molecular formula is C8H9ClN2O. The topological polar surface area (TPSA) is 59.1 Å². The maximum Gasteiger partial charge on any atom is 0.145 e. The Morgan fingerprint density at radius 3 is 2.75 bits per heavy atom. The van der Waals surface area contributed by atoms with Crippen molar-refractivity contribution in [3.05, 3.63) is 29.3 Å². The van der Waals surface area contributed by atoms with E-state index < -0.39 is 0 Å². The summed E-state index contributed by atoms with van der Waals surface area (Å²) in [5.41, 5.74) is 5.11. The molecule has 3 N–H and O–H groups in total. The second-order valence-electron chi connectivity index (χ2n) is 2.24. The maximum atomic E-state index is 6.92. The first-order chi connectivity index (χ1) is 5.70. The smallest absolute Gasteiger partial charge is 0.145 e. The molecule has 0 aromatic heterocycles. The molecule has 1 rings (SSSR count). The van der Waals surface area contributed by atoms with Gasteiger partial charge >= 0.3 is 0 Å². The molecular weight excluding hydrogens is 176 g/mol. The minimum atomic E-state index is -0.0186.